The van der Waals surface area contributed by atoms with Crippen LogP contribution in [0.3, 0.4) is 0 Å². The Bertz CT molecular complexity index is 630. The summed E-state index contributed by atoms with van der Waals surface area (Å²) >= 11 is 0. The van der Waals surface area contributed by atoms with Crippen molar-refractivity contribution < 1.29 is 60.0 Å². The average Bonchev–Trinajstić information content (AvgIpc) is 2.57. The number of carbonyl (C=O) groups is 2. The molecule has 1 saturated heterocycles. The molecule has 0 spiro atoms. The lowest BCUT2D eigenvalue weighted by molar-refractivity contribution is -0.357. The van der Waals surface area contributed by atoms with Crippen molar-refractivity contribution in [3.8, 4) is 0 Å². The number of hydrogen-bond acceptors (Lipinski definition) is 7. The minimum Gasteiger partial charge on any atom is -0.464 e. The van der Waals surface area contributed by atoms with Crippen LogP contribution in [-0.2, 0) is 28.5 Å². The normalized spacial score (nSPS) is 19.9. The second kappa shape index (κ2) is 8.15. The van der Waals surface area contributed by atoms with Crippen LogP contribution in [0.5, 0.6) is 0 Å². The molecule has 0 aromatic heterocycles. The highest BCUT2D eigenvalue weighted by Crippen LogP contribution is 2.44. The van der Waals surface area contributed by atoms with Crippen LogP contribution in [0.25, 0.3) is 0 Å². The van der Waals surface area contributed by atoms with Crippen molar-refractivity contribution in [1.82, 2.24) is 0 Å². The van der Waals surface area contributed by atoms with Gasteiger partial charge >= 0.3 is 29.9 Å². The molecule has 0 aromatic carbocycles. The Balaban J connectivity index is 2.72. The Labute approximate surface area is 168 Å². The fourth-order valence-electron chi connectivity index (χ4n) is 2.10. The first-order valence-electron chi connectivity index (χ1n) is 8.65. The smallest absolute Gasteiger partial charge is 0.437 e. The second-order valence-corrected chi connectivity index (χ2v) is 8.56. The summed E-state index contributed by atoms with van der Waals surface area (Å²) < 4.78 is 95.9. The summed E-state index contributed by atoms with van der Waals surface area (Å²) in [7, 11) is 0. The largest absolute Gasteiger partial charge is 0.464 e. The summed E-state index contributed by atoms with van der Waals surface area (Å²) in [5.74, 6) is -4.61. The fourth-order valence-corrected chi connectivity index (χ4v) is 2.10. The van der Waals surface area contributed by atoms with E-state index in [-0.39, 0.29) is 13.2 Å². The number of alkyl halides is 6. The van der Waals surface area contributed by atoms with Crippen LogP contribution in [-0.4, -0.2) is 67.2 Å². The Morgan fingerprint density at radius 2 is 1.30 bits per heavy atom. The zero-order chi connectivity index (χ0) is 23.8. The molecule has 30 heavy (non-hydrogen) atoms. The van der Waals surface area contributed by atoms with E-state index in [2.05, 4.69) is 4.74 Å². The Morgan fingerprint density at radius 3 is 1.70 bits per heavy atom. The first-order chi connectivity index (χ1) is 13.2. The van der Waals surface area contributed by atoms with Gasteiger partial charge in [-0.2, -0.15) is 26.3 Å². The van der Waals surface area contributed by atoms with Gasteiger partial charge in [0.25, 0.3) is 0 Å². The van der Waals surface area contributed by atoms with E-state index in [9.17, 15) is 35.9 Å². The van der Waals surface area contributed by atoms with Crippen LogP contribution in [0.1, 0.15) is 34.6 Å². The van der Waals surface area contributed by atoms with Crippen LogP contribution in [0, 0.1) is 10.8 Å². The zero-order valence-corrected chi connectivity index (χ0v) is 17.0. The molecule has 0 radical (unpaired) electrons. The van der Waals surface area contributed by atoms with Gasteiger partial charge in [0.05, 0.1) is 26.4 Å². The Kier molecular flexibility index (Phi) is 7.18. The minimum absolute atomic E-state index is 0.0432. The highest BCUT2D eigenvalue weighted by Gasteiger charge is 2.76. The standard InChI is InChI=1S/C17H24F6O7/c1-12(2,6-27-10(24)14(5)8-29-13(3,4)30-9-14)7-28-11(25)15(26,16(18,19)20)17(21,22)23/h26H,6-9H2,1-5H3. The lowest BCUT2D eigenvalue weighted by atomic mass is 9.91. The highest BCUT2D eigenvalue weighted by atomic mass is 19.4. The predicted octanol–water partition coefficient (Wildman–Crippen LogP) is 2.74. The molecule has 0 aliphatic carbocycles. The van der Waals surface area contributed by atoms with E-state index < -0.39 is 59.7 Å². The molecule has 0 unspecified atom stereocenters. The van der Waals surface area contributed by atoms with E-state index in [4.69, 9.17) is 19.3 Å². The van der Waals surface area contributed by atoms with Crippen molar-refractivity contribution >= 4 is 11.9 Å². The molecule has 1 heterocycles. The van der Waals surface area contributed by atoms with Gasteiger partial charge in [-0.25, -0.2) is 4.79 Å². The van der Waals surface area contributed by atoms with Crippen molar-refractivity contribution in [3.63, 3.8) is 0 Å². The van der Waals surface area contributed by atoms with Crippen LogP contribution >= 0.6 is 0 Å². The SMILES string of the molecule is CC(C)(COC(=O)C1(C)COC(C)(C)OC1)COC(=O)C(O)(C(F)(F)F)C(F)(F)F. The van der Waals surface area contributed by atoms with Crippen molar-refractivity contribution in [2.24, 2.45) is 10.8 Å². The topological polar surface area (TPSA) is 91.3 Å². The molecule has 1 aliphatic heterocycles. The summed E-state index contributed by atoms with van der Waals surface area (Å²) in [5, 5.41) is 8.98. The van der Waals surface area contributed by atoms with Gasteiger partial charge in [-0.1, -0.05) is 13.8 Å². The number of carbonyl (C=O) groups excluding carboxylic acids is 2. The number of halogens is 6. The molecule has 0 aromatic rings. The van der Waals surface area contributed by atoms with Crippen LogP contribution in [0.15, 0.2) is 0 Å². The molecule has 13 heteroatoms. The van der Waals surface area contributed by atoms with Gasteiger partial charge in [-0.15, -0.1) is 0 Å². The minimum atomic E-state index is -6.34. The van der Waals surface area contributed by atoms with Crippen molar-refractivity contribution in [2.45, 2.75) is 58.4 Å². The third-order valence-corrected chi connectivity index (χ3v) is 4.27. The molecule has 0 bridgehead atoms. The summed E-state index contributed by atoms with van der Waals surface area (Å²) in [5.41, 5.74) is -8.23. The van der Waals surface area contributed by atoms with E-state index >= 15 is 0 Å². The number of hydrogen-bond donors (Lipinski definition) is 1. The van der Waals surface area contributed by atoms with Gasteiger partial charge in [-0.3, -0.25) is 4.79 Å². The summed E-state index contributed by atoms with van der Waals surface area (Å²) in [4.78, 5) is 23.8. The van der Waals surface area contributed by atoms with E-state index in [0.717, 1.165) is 0 Å². The Hall–Kier alpha value is -1.60. The first-order valence-corrected chi connectivity index (χ1v) is 8.65. The van der Waals surface area contributed by atoms with Gasteiger partial charge in [0, 0.05) is 5.41 Å². The van der Waals surface area contributed by atoms with Crippen molar-refractivity contribution in [1.29, 1.82) is 0 Å². The molecule has 1 fully saturated rings. The number of ether oxygens (including phenoxy) is 4. The maximum absolute atomic E-state index is 12.7. The second-order valence-electron chi connectivity index (χ2n) is 8.56. The first kappa shape index (κ1) is 26.4. The van der Waals surface area contributed by atoms with Gasteiger partial charge < -0.3 is 24.1 Å². The highest BCUT2D eigenvalue weighted by molar-refractivity contribution is 5.81. The molecule has 0 amide bonds. The third kappa shape index (κ3) is 5.76. The molecule has 0 saturated carbocycles. The number of esters is 2. The van der Waals surface area contributed by atoms with Crippen LogP contribution in [0.4, 0.5) is 26.3 Å². The lowest BCUT2D eigenvalue weighted by Gasteiger charge is -2.40. The monoisotopic (exact) mass is 454 g/mol. The molecular weight excluding hydrogens is 430 g/mol. The molecule has 0 atom stereocenters. The van der Waals surface area contributed by atoms with Crippen LogP contribution < -0.4 is 0 Å². The quantitative estimate of drug-likeness (QED) is 0.488. The fraction of sp³-hybridized carbons (Fsp3) is 0.882. The average molecular weight is 454 g/mol. The molecule has 1 N–H and O–H groups in total. The van der Waals surface area contributed by atoms with Gasteiger partial charge in [0.15, 0.2) is 5.79 Å². The number of aliphatic hydroxyl groups is 1. The van der Waals surface area contributed by atoms with E-state index in [1.807, 2.05) is 0 Å². The van der Waals surface area contributed by atoms with Gasteiger partial charge in [-0.05, 0) is 20.8 Å². The molecule has 1 rings (SSSR count). The van der Waals surface area contributed by atoms with E-state index in [1.54, 1.807) is 13.8 Å². The zero-order valence-electron chi connectivity index (χ0n) is 17.0. The summed E-state index contributed by atoms with van der Waals surface area (Å²) in [6.45, 7) is 5.72. The maximum atomic E-state index is 12.7. The number of rotatable bonds is 6. The Morgan fingerprint density at radius 1 is 0.900 bits per heavy atom. The molecule has 7 nitrogen and oxygen atoms in total. The maximum Gasteiger partial charge on any atom is 0.437 e. The van der Waals surface area contributed by atoms with Crippen molar-refractivity contribution in [3.05, 3.63) is 0 Å². The van der Waals surface area contributed by atoms with E-state index in [0.29, 0.717) is 0 Å². The lowest BCUT2D eigenvalue weighted by Crippen LogP contribution is -2.63. The third-order valence-electron chi connectivity index (χ3n) is 4.27. The summed E-state index contributed by atoms with van der Waals surface area (Å²) in [6, 6.07) is 0. The molecule has 176 valence electrons. The van der Waals surface area contributed by atoms with E-state index in [1.165, 1.54) is 20.8 Å². The predicted molar refractivity (Wildman–Crippen MR) is 86.8 cm³/mol. The van der Waals surface area contributed by atoms with Crippen LogP contribution in [0.2, 0.25) is 0 Å². The van der Waals surface area contributed by atoms with Gasteiger partial charge in [0.2, 0.25) is 0 Å². The van der Waals surface area contributed by atoms with Gasteiger partial charge in [0.1, 0.15) is 5.41 Å². The molecule has 1 aliphatic rings. The van der Waals surface area contributed by atoms with Crippen molar-refractivity contribution in [2.75, 3.05) is 26.4 Å². The molecular formula is C17H24F6O7. The summed E-state index contributed by atoms with van der Waals surface area (Å²) in [6.07, 6.45) is -12.7.